The Morgan fingerprint density at radius 1 is 1.04 bits per heavy atom. The number of benzene rings is 2. The molecule has 0 saturated carbocycles. The van der Waals surface area contributed by atoms with Crippen molar-refractivity contribution in [3.8, 4) is 0 Å². The highest BCUT2D eigenvalue weighted by Gasteiger charge is 2.19. The minimum Gasteiger partial charge on any atom is -0.326 e. The van der Waals surface area contributed by atoms with E-state index >= 15 is 0 Å². The average molecular weight is 419 g/mol. The molecule has 1 atom stereocenters. The molecule has 0 fully saturated rings. The van der Waals surface area contributed by atoms with Gasteiger partial charge in [-0.15, -0.1) is 11.8 Å². The van der Waals surface area contributed by atoms with Crippen LogP contribution in [0.3, 0.4) is 0 Å². The molecule has 0 aliphatic rings. The molecule has 150 valence electrons. The van der Waals surface area contributed by atoms with Crippen molar-refractivity contribution in [2.75, 3.05) is 10.6 Å². The molecule has 0 aromatic heterocycles. The summed E-state index contributed by atoms with van der Waals surface area (Å²) in [5.74, 6) is -0.0702. The number of hydrogen-bond acceptors (Lipinski definition) is 3. The average Bonchev–Trinajstić information content (AvgIpc) is 2.60. The first-order chi connectivity index (χ1) is 13.2. The van der Waals surface area contributed by atoms with Gasteiger partial charge in [0.15, 0.2) is 0 Å². The molecule has 28 heavy (non-hydrogen) atoms. The number of anilines is 2. The Bertz CT molecular complexity index is 816. The summed E-state index contributed by atoms with van der Waals surface area (Å²) in [5.41, 5.74) is 1.40. The fourth-order valence-corrected chi connectivity index (χ4v) is 3.72. The maximum Gasteiger partial charge on any atom is 0.237 e. The molecule has 0 radical (unpaired) electrons. The van der Waals surface area contributed by atoms with Crippen molar-refractivity contribution in [2.45, 2.75) is 50.7 Å². The molecule has 4 nitrogen and oxygen atoms in total. The van der Waals surface area contributed by atoms with E-state index in [1.807, 2.05) is 52.0 Å². The summed E-state index contributed by atoms with van der Waals surface area (Å²) in [7, 11) is 0. The molecule has 0 aliphatic heterocycles. The van der Waals surface area contributed by atoms with Crippen molar-refractivity contribution in [3.63, 3.8) is 0 Å². The van der Waals surface area contributed by atoms with Crippen LogP contribution in [0.25, 0.3) is 0 Å². The quantitative estimate of drug-likeness (QED) is 0.524. The lowest BCUT2D eigenvalue weighted by molar-refractivity contribution is -0.118. The fraction of sp³-hybridized carbons (Fsp3) is 0.364. The molecule has 0 heterocycles. The van der Waals surface area contributed by atoms with Gasteiger partial charge in [-0.05, 0) is 54.3 Å². The van der Waals surface area contributed by atoms with E-state index in [-0.39, 0.29) is 22.5 Å². The maximum atomic E-state index is 12.6. The van der Waals surface area contributed by atoms with E-state index in [9.17, 15) is 9.59 Å². The highest BCUT2D eigenvalue weighted by atomic mass is 35.5. The first kappa shape index (κ1) is 22.3. The van der Waals surface area contributed by atoms with E-state index in [4.69, 9.17) is 11.6 Å². The third-order valence-corrected chi connectivity index (χ3v) is 5.47. The largest absolute Gasteiger partial charge is 0.326 e. The summed E-state index contributed by atoms with van der Waals surface area (Å²) in [6, 6.07) is 14.7. The van der Waals surface area contributed by atoms with Gasteiger partial charge >= 0.3 is 0 Å². The predicted octanol–water partition coefficient (Wildman–Crippen LogP) is 6.22. The molecule has 0 aliphatic carbocycles. The van der Waals surface area contributed by atoms with E-state index in [1.165, 1.54) is 11.8 Å². The number of carbonyl (C=O) groups excluding carboxylic acids is 2. The number of rotatable bonds is 7. The van der Waals surface area contributed by atoms with Gasteiger partial charge in [-0.3, -0.25) is 9.59 Å². The van der Waals surface area contributed by atoms with Gasteiger partial charge in [0.25, 0.3) is 0 Å². The zero-order valence-corrected chi connectivity index (χ0v) is 18.3. The lowest BCUT2D eigenvalue weighted by Gasteiger charge is -2.18. The summed E-state index contributed by atoms with van der Waals surface area (Å²) in [4.78, 5) is 25.7. The fourth-order valence-electron chi connectivity index (χ4n) is 2.58. The Hall–Kier alpha value is -1.98. The van der Waals surface area contributed by atoms with Gasteiger partial charge in [0.1, 0.15) is 0 Å². The minimum absolute atomic E-state index is 0.0119. The van der Waals surface area contributed by atoms with Crippen molar-refractivity contribution >= 4 is 46.6 Å². The van der Waals surface area contributed by atoms with Crippen LogP contribution in [0.4, 0.5) is 11.4 Å². The molecule has 0 bridgehead atoms. The molecule has 6 heteroatoms. The molecule has 1 unspecified atom stereocenters. The zero-order valence-electron chi connectivity index (χ0n) is 16.7. The Labute approximate surface area is 176 Å². The summed E-state index contributed by atoms with van der Waals surface area (Å²) >= 11 is 7.37. The first-order valence-corrected chi connectivity index (χ1v) is 10.5. The second kappa shape index (κ2) is 9.99. The third kappa shape index (κ3) is 7.56. The SMILES string of the molecule is CCC(Sc1cccc(NC(=O)CC(C)(C)C)c1)C(=O)Nc1ccc(Cl)cc1. The van der Waals surface area contributed by atoms with Gasteiger partial charge < -0.3 is 10.6 Å². The number of thioether (sulfide) groups is 1. The van der Waals surface area contributed by atoms with Crippen LogP contribution in [0.1, 0.15) is 40.5 Å². The molecule has 2 amide bonds. The van der Waals surface area contributed by atoms with Crippen LogP contribution in [0, 0.1) is 5.41 Å². The van der Waals surface area contributed by atoms with Gasteiger partial charge in [-0.1, -0.05) is 45.4 Å². The number of hydrogen-bond donors (Lipinski definition) is 2. The van der Waals surface area contributed by atoms with E-state index in [0.717, 1.165) is 16.3 Å². The summed E-state index contributed by atoms with van der Waals surface area (Å²) in [6.07, 6.45) is 1.14. The van der Waals surface area contributed by atoms with Gasteiger partial charge in [0, 0.05) is 27.7 Å². The first-order valence-electron chi connectivity index (χ1n) is 9.29. The van der Waals surface area contributed by atoms with Crippen LogP contribution in [-0.4, -0.2) is 17.1 Å². The van der Waals surface area contributed by atoms with Crippen LogP contribution in [-0.2, 0) is 9.59 Å². The molecule has 2 rings (SSSR count). The van der Waals surface area contributed by atoms with Crippen molar-refractivity contribution in [1.82, 2.24) is 0 Å². The molecule has 0 saturated heterocycles. The lowest BCUT2D eigenvalue weighted by Crippen LogP contribution is -2.24. The van der Waals surface area contributed by atoms with Gasteiger partial charge in [0.2, 0.25) is 11.8 Å². The zero-order chi connectivity index (χ0) is 20.7. The van der Waals surface area contributed by atoms with Crippen molar-refractivity contribution < 1.29 is 9.59 Å². The summed E-state index contributed by atoms with van der Waals surface area (Å²) in [6.45, 7) is 8.08. The predicted molar refractivity (Wildman–Crippen MR) is 119 cm³/mol. The summed E-state index contributed by atoms with van der Waals surface area (Å²) in [5, 5.41) is 6.25. The standard InChI is InChI=1S/C22H27ClN2O2S/c1-5-19(21(27)25-16-11-9-15(23)10-12-16)28-18-8-6-7-17(13-18)24-20(26)14-22(2,3)4/h6-13,19H,5,14H2,1-4H3,(H,24,26)(H,25,27). The third-order valence-electron chi connectivity index (χ3n) is 3.86. The molecule has 2 aromatic carbocycles. The normalized spacial score (nSPS) is 12.3. The van der Waals surface area contributed by atoms with Crippen LogP contribution in [0.2, 0.25) is 5.02 Å². The van der Waals surface area contributed by atoms with Crippen LogP contribution in [0.5, 0.6) is 0 Å². The van der Waals surface area contributed by atoms with Gasteiger partial charge in [0.05, 0.1) is 5.25 Å². The monoisotopic (exact) mass is 418 g/mol. The Morgan fingerprint density at radius 3 is 2.32 bits per heavy atom. The van der Waals surface area contributed by atoms with Crippen molar-refractivity contribution in [2.24, 2.45) is 5.41 Å². The number of amides is 2. The Balaban J connectivity index is 2.01. The maximum absolute atomic E-state index is 12.6. The van der Waals surface area contributed by atoms with Crippen LogP contribution < -0.4 is 10.6 Å². The molecular formula is C22H27ClN2O2S. The van der Waals surface area contributed by atoms with E-state index in [2.05, 4.69) is 10.6 Å². The minimum atomic E-state index is -0.240. The van der Waals surface area contributed by atoms with Gasteiger partial charge in [-0.25, -0.2) is 0 Å². The smallest absolute Gasteiger partial charge is 0.237 e. The molecular weight excluding hydrogens is 392 g/mol. The number of carbonyl (C=O) groups is 2. The van der Waals surface area contributed by atoms with Crippen molar-refractivity contribution in [3.05, 3.63) is 53.6 Å². The molecule has 2 N–H and O–H groups in total. The van der Waals surface area contributed by atoms with Crippen molar-refractivity contribution in [1.29, 1.82) is 0 Å². The molecule has 0 spiro atoms. The van der Waals surface area contributed by atoms with Gasteiger partial charge in [-0.2, -0.15) is 0 Å². The highest BCUT2D eigenvalue weighted by Crippen LogP contribution is 2.29. The second-order valence-electron chi connectivity index (χ2n) is 7.82. The van der Waals surface area contributed by atoms with E-state index in [1.54, 1.807) is 24.3 Å². The Morgan fingerprint density at radius 2 is 1.71 bits per heavy atom. The number of nitrogens with one attached hydrogen (secondary N) is 2. The van der Waals surface area contributed by atoms with Crippen LogP contribution >= 0.6 is 23.4 Å². The Kier molecular flexibility index (Phi) is 7.96. The van der Waals surface area contributed by atoms with E-state index in [0.29, 0.717) is 17.9 Å². The topological polar surface area (TPSA) is 58.2 Å². The molecule has 2 aromatic rings. The van der Waals surface area contributed by atoms with E-state index < -0.39 is 0 Å². The van der Waals surface area contributed by atoms with Crippen LogP contribution in [0.15, 0.2) is 53.4 Å². The highest BCUT2D eigenvalue weighted by molar-refractivity contribution is 8.00. The summed E-state index contributed by atoms with van der Waals surface area (Å²) < 4.78 is 0. The second-order valence-corrected chi connectivity index (χ2v) is 9.54. The number of halogens is 1. The lowest BCUT2D eigenvalue weighted by atomic mass is 9.92.